The van der Waals surface area contributed by atoms with Crippen LogP contribution in [-0.4, -0.2) is 35.0 Å². The molecule has 1 fully saturated rings. The first-order chi connectivity index (χ1) is 14.3. The molecule has 2 heterocycles. The Morgan fingerprint density at radius 2 is 1.87 bits per heavy atom. The van der Waals surface area contributed by atoms with Gasteiger partial charge in [0.1, 0.15) is 11.6 Å². The molecular weight excluding hydrogens is 396 g/mol. The van der Waals surface area contributed by atoms with Gasteiger partial charge in [0, 0.05) is 43.4 Å². The summed E-state index contributed by atoms with van der Waals surface area (Å²) < 4.78 is 26.6. The molecular formula is C21H19F2N3O4. The van der Waals surface area contributed by atoms with Crippen molar-refractivity contribution in [2.24, 2.45) is 0 Å². The Bertz CT molecular complexity index is 1040. The summed E-state index contributed by atoms with van der Waals surface area (Å²) in [5.41, 5.74) is -0.0325. The van der Waals surface area contributed by atoms with Gasteiger partial charge in [-0.05, 0) is 47.9 Å². The third-order valence-electron chi connectivity index (χ3n) is 5.34. The lowest BCUT2D eigenvalue weighted by Gasteiger charge is -2.23. The Morgan fingerprint density at radius 3 is 2.60 bits per heavy atom. The molecule has 0 radical (unpaired) electrons. The summed E-state index contributed by atoms with van der Waals surface area (Å²) in [6.07, 6.45) is 0.756. The average Bonchev–Trinajstić information content (AvgIpc) is 3.01. The van der Waals surface area contributed by atoms with Crippen molar-refractivity contribution in [1.29, 1.82) is 0 Å². The molecule has 3 N–H and O–H groups in total. The predicted octanol–water partition coefficient (Wildman–Crippen LogP) is 1.63. The van der Waals surface area contributed by atoms with E-state index in [1.54, 1.807) is 18.2 Å². The van der Waals surface area contributed by atoms with E-state index in [9.17, 15) is 28.3 Å². The minimum Gasteiger partial charge on any atom is -0.372 e. The first-order valence-corrected chi connectivity index (χ1v) is 9.47. The Labute approximate surface area is 170 Å². The number of aliphatic hydroxyl groups is 1. The Morgan fingerprint density at radius 1 is 1.13 bits per heavy atom. The number of hydrogen-bond donors (Lipinski definition) is 3. The highest BCUT2D eigenvalue weighted by molar-refractivity contribution is 6.16. The predicted molar refractivity (Wildman–Crippen MR) is 104 cm³/mol. The number of hydrogen-bond acceptors (Lipinski definition) is 4. The van der Waals surface area contributed by atoms with Crippen LogP contribution in [0.1, 0.15) is 24.0 Å². The number of benzene rings is 2. The molecule has 7 nitrogen and oxygen atoms in total. The van der Waals surface area contributed by atoms with Crippen LogP contribution in [0.2, 0.25) is 0 Å². The van der Waals surface area contributed by atoms with E-state index in [1.807, 2.05) is 0 Å². The zero-order chi connectivity index (χ0) is 21.5. The lowest BCUT2D eigenvalue weighted by Crippen LogP contribution is -2.52. The van der Waals surface area contributed by atoms with E-state index in [0.717, 1.165) is 17.7 Å². The van der Waals surface area contributed by atoms with Crippen molar-refractivity contribution in [1.82, 2.24) is 5.32 Å². The Kier molecular flexibility index (Phi) is 4.98. The fourth-order valence-corrected chi connectivity index (χ4v) is 3.74. The third kappa shape index (κ3) is 3.63. The van der Waals surface area contributed by atoms with Crippen LogP contribution < -0.4 is 15.5 Å². The summed E-state index contributed by atoms with van der Waals surface area (Å²) in [5, 5.41) is 15.8. The zero-order valence-electron chi connectivity index (χ0n) is 15.9. The number of amides is 3. The second kappa shape index (κ2) is 7.49. The monoisotopic (exact) mass is 415 g/mol. The number of fused-ring (bicyclic) bond motifs is 1. The molecule has 30 heavy (non-hydrogen) atoms. The van der Waals surface area contributed by atoms with Crippen LogP contribution in [0, 0.1) is 11.6 Å². The molecule has 0 spiro atoms. The molecule has 1 saturated heterocycles. The Hall–Kier alpha value is -3.33. The molecule has 0 aliphatic carbocycles. The van der Waals surface area contributed by atoms with Gasteiger partial charge in [-0.2, -0.15) is 0 Å². The van der Waals surface area contributed by atoms with E-state index in [2.05, 4.69) is 10.6 Å². The molecule has 0 unspecified atom stereocenters. The van der Waals surface area contributed by atoms with Gasteiger partial charge < -0.3 is 20.6 Å². The normalized spacial score (nSPS) is 20.7. The van der Waals surface area contributed by atoms with Crippen molar-refractivity contribution >= 4 is 29.1 Å². The second-order valence-corrected chi connectivity index (χ2v) is 7.42. The Balaban J connectivity index is 1.47. The van der Waals surface area contributed by atoms with Crippen LogP contribution >= 0.6 is 0 Å². The van der Waals surface area contributed by atoms with Gasteiger partial charge in [0.25, 0.3) is 11.8 Å². The van der Waals surface area contributed by atoms with E-state index in [0.29, 0.717) is 30.3 Å². The number of anilines is 2. The van der Waals surface area contributed by atoms with Gasteiger partial charge in [0.05, 0.1) is 0 Å². The summed E-state index contributed by atoms with van der Waals surface area (Å²) in [6.45, 7) is -0.107. The summed E-state index contributed by atoms with van der Waals surface area (Å²) in [6, 6.07) is 7.91. The maximum Gasteiger partial charge on any atom is 0.268 e. The van der Waals surface area contributed by atoms with Gasteiger partial charge in [-0.1, -0.05) is 0 Å². The average molecular weight is 415 g/mol. The van der Waals surface area contributed by atoms with Gasteiger partial charge in [-0.15, -0.1) is 0 Å². The summed E-state index contributed by atoms with van der Waals surface area (Å²) in [5.74, 6) is -3.35. The van der Waals surface area contributed by atoms with Crippen molar-refractivity contribution in [3.63, 3.8) is 0 Å². The smallest absolute Gasteiger partial charge is 0.268 e. The number of nitrogens with zero attached hydrogens (tertiary/aromatic N) is 1. The minimum atomic E-state index is -2.27. The van der Waals surface area contributed by atoms with Gasteiger partial charge in [-0.3, -0.25) is 14.4 Å². The number of nitrogens with one attached hydrogen (secondary N) is 2. The number of carbonyl (C=O) groups is 3. The maximum absolute atomic E-state index is 13.3. The van der Waals surface area contributed by atoms with Crippen LogP contribution in [0.5, 0.6) is 0 Å². The molecule has 4 rings (SSSR count). The summed E-state index contributed by atoms with van der Waals surface area (Å²) >= 11 is 0. The fraction of sp³-hybridized carbons (Fsp3) is 0.286. The van der Waals surface area contributed by atoms with E-state index in [-0.39, 0.29) is 31.0 Å². The van der Waals surface area contributed by atoms with Gasteiger partial charge in [-0.25, -0.2) is 8.78 Å². The highest BCUT2D eigenvalue weighted by atomic mass is 19.1. The van der Waals surface area contributed by atoms with E-state index in [1.165, 1.54) is 4.90 Å². The van der Waals surface area contributed by atoms with Gasteiger partial charge >= 0.3 is 0 Å². The van der Waals surface area contributed by atoms with E-state index < -0.39 is 29.0 Å². The molecule has 1 atom stereocenters. The molecule has 3 amide bonds. The highest BCUT2D eigenvalue weighted by Gasteiger charge is 2.51. The van der Waals surface area contributed by atoms with Crippen molar-refractivity contribution < 1.29 is 28.3 Å². The van der Waals surface area contributed by atoms with Crippen LogP contribution in [0.25, 0.3) is 0 Å². The molecule has 2 aliphatic heterocycles. The van der Waals surface area contributed by atoms with Crippen molar-refractivity contribution in [3.8, 4) is 0 Å². The molecule has 0 saturated carbocycles. The quantitative estimate of drug-likeness (QED) is 0.661. The summed E-state index contributed by atoms with van der Waals surface area (Å²) in [7, 11) is 0. The fourth-order valence-electron chi connectivity index (χ4n) is 3.74. The van der Waals surface area contributed by atoms with Crippen molar-refractivity contribution in [2.75, 3.05) is 16.8 Å². The summed E-state index contributed by atoms with van der Waals surface area (Å²) in [4.78, 5) is 38.2. The van der Waals surface area contributed by atoms with E-state index in [4.69, 9.17) is 0 Å². The molecule has 156 valence electrons. The second-order valence-electron chi connectivity index (χ2n) is 7.42. The van der Waals surface area contributed by atoms with Crippen molar-refractivity contribution in [3.05, 3.63) is 59.2 Å². The largest absolute Gasteiger partial charge is 0.372 e. The highest BCUT2D eigenvalue weighted by Crippen LogP contribution is 2.32. The number of carbonyl (C=O) groups excluding carboxylic acids is 3. The molecule has 2 aromatic carbocycles. The zero-order valence-corrected chi connectivity index (χ0v) is 15.9. The van der Waals surface area contributed by atoms with Crippen LogP contribution in [0.3, 0.4) is 0 Å². The van der Waals surface area contributed by atoms with Crippen molar-refractivity contribution in [2.45, 2.75) is 31.4 Å². The van der Waals surface area contributed by atoms with Crippen LogP contribution in [0.4, 0.5) is 20.2 Å². The first kappa shape index (κ1) is 20.0. The first-order valence-electron chi connectivity index (χ1n) is 9.47. The van der Waals surface area contributed by atoms with E-state index >= 15 is 0 Å². The van der Waals surface area contributed by atoms with Gasteiger partial charge in [0.15, 0.2) is 0 Å². The van der Waals surface area contributed by atoms with Crippen LogP contribution in [0.15, 0.2) is 36.4 Å². The molecule has 2 aliphatic rings. The van der Waals surface area contributed by atoms with Crippen LogP contribution in [-0.2, 0) is 27.3 Å². The number of aryl methyl sites for hydroxylation is 1. The SMILES string of the molecule is O=C1CCc2cc(N3CC[C@](O)(C(=O)NCc4cc(F)cc(F)c4)C3=O)ccc2N1. The number of halogens is 2. The standard InChI is InChI=1S/C21H19F2N3O4/c22-14-7-12(8-15(23)10-14)11-24-19(28)21(30)5-6-26(20(21)29)16-2-3-17-13(9-16)1-4-18(27)25-17/h2-3,7-10,30H,1,4-6,11H2,(H,24,28)(H,25,27)/t21-/m0/s1. The third-order valence-corrected chi connectivity index (χ3v) is 5.34. The lowest BCUT2D eigenvalue weighted by atomic mass is 10.0. The lowest BCUT2D eigenvalue weighted by molar-refractivity contribution is -0.149. The maximum atomic E-state index is 13.3. The minimum absolute atomic E-state index is 0.0725. The number of rotatable bonds is 4. The molecule has 9 heteroatoms. The molecule has 0 bridgehead atoms. The topological polar surface area (TPSA) is 98.7 Å². The molecule has 2 aromatic rings. The van der Waals surface area contributed by atoms with Gasteiger partial charge in [0.2, 0.25) is 11.5 Å². The molecule has 0 aromatic heterocycles.